The molecule has 2 rings (SSSR count). The molecule has 2 aromatic rings. The predicted molar refractivity (Wildman–Crippen MR) is 81.6 cm³/mol. The molecule has 0 saturated carbocycles. The Hall–Kier alpha value is -1.88. The lowest BCUT2D eigenvalue weighted by molar-refractivity contribution is -0.119. The third-order valence-electron chi connectivity index (χ3n) is 3.03. The summed E-state index contributed by atoms with van der Waals surface area (Å²) in [5.74, 6) is 1.08. The minimum Gasteiger partial charge on any atom is -0.467 e. The molecule has 3 N–H and O–H groups in total. The summed E-state index contributed by atoms with van der Waals surface area (Å²) in [4.78, 5) is 12.9. The molecule has 1 heterocycles. The molecular formula is C15H18N2O2S. The molecule has 0 fully saturated rings. The minimum absolute atomic E-state index is 0.0271. The van der Waals surface area contributed by atoms with E-state index in [-0.39, 0.29) is 11.9 Å². The number of amides is 1. The van der Waals surface area contributed by atoms with E-state index in [1.165, 1.54) is 11.8 Å². The average molecular weight is 290 g/mol. The molecule has 1 aromatic carbocycles. The first-order valence-corrected chi connectivity index (χ1v) is 7.37. The standard InChI is InChI=1S/C15H18N2O2S/c1-10-12(16)5-3-7-14(10)20-9-15(18)17-11(2)13-6-4-8-19-13/h3-8,11H,9,16H2,1-2H3,(H,17,18). The molecule has 1 unspecified atom stereocenters. The van der Waals surface area contributed by atoms with Gasteiger partial charge in [0.25, 0.3) is 0 Å². The maximum absolute atomic E-state index is 11.9. The molecule has 0 aliphatic heterocycles. The van der Waals surface area contributed by atoms with Crippen molar-refractivity contribution >= 4 is 23.4 Å². The zero-order valence-electron chi connectivity index (χ0n) is 11.6. The van der Waals surface area contributed by atoms with Gasteiger partial charge in [-0.1, -0.05) is 6.07 Å². The molecule has 0 aliphatic rings. The van der Waals surface area contributed by atoms with E-state index in [1.807, 2.05) is 44.2 Å². The summed E-state index contributed by atoms with van der Waals surface area (Å²) >= 11 is 1.49. The van der Waals surface area contributed by atoms with Gasteiger partial charge in [-0.25, -0.2) is 0 Å². The second-order valence-electron chi connectivity index (χ2n) is 4.56. The molecule has 0 radical (unpaired) electrons. The molecule has 0 aliphatic carbocycles. The van der Waals surface area contributed by atoms with Crippen LogP contribution in [0.4, 0.5) is 5.69 Å². The van der Waals surface area contributed by atoms with Crippen molar-refractivity contribution in [3.63, 3.8) is 0 Å². The number of nitrogens with two attached hydrogens (primary N) is 1. The molecule has 5 heteroatoms. The SMILES string of the molecule is Cc1c(N)cccc1SCC(=O)NC(C)c1ccco1. The summed E-state index contributed by atoms with van der Waals surface area (Å²) in [6, 6.07) is 9.26. The van der Waals surface area contributed by atoms with Gasteiger partial charge in [-0.15, -0.1) is 11.8 Å². The van der Waals surface area contributed by atoms with Gasteiger partial charge in [-0.05, 0) is 43.7 Å². The van der Waals surface area contributed by atoms with Gasteiger partial charge in [-0.2, -0.15) is 0 Å². The van der Waals surface area contributed by atoms with Crippen LogP contribution in [0, 0.1) is 6.92 Å². The Morgan fingerprint density at radius 3 is 2.90 bits per heavy atom. The van der Waals surface area contributed by atoms with E-state index >= 15 is 0 Å². The molecule has 1 amide bonds. The summed E-state index contributed by atoms with van der Waals surface area (Å²) in [5, 5.41) is 2.90. The van der Waals surface area contributed by atoms with Crippen molar-refractivity contribution in [1.82, 2.24) is 5.32 Å². The van der Waals surface area contributed by atoms with Crippen LogP contribution in [0.1, 0.15) is 24.3 Å². The maximum atomic E-state index is 11.9. The van der Waals surface area contributed by atoms with E-state index in [4.69, 9.17) is 10.2 Å². The Labute approximate surface area is 122 Å². The van der Waals surface area contributed by atoms with Crippen molar-refractivity contribution in [1.29, 1.82) is 0 Å². The largest absolute Gasteiger partial charge is 0.467 e. The number of nitrogens with one attached hydrogen (secondary N) is 1. The molecule has 106 valence electrons. The van der Waals surface area contributed by atoms with E-state index in [1.54, 1.807) is 6.26 Å². The molecule has 1 aromatic heterocycles. The van der Waals surface area contributed by atoms with Crippen molar-refractivity contribution in [2.24, 2.45) is 0 Å². The first-order valence-electron chi connectivity index (χ1n) is 6.38. The van der Waals surface area contributed by atoms with Crippen LogP contribution in [0.5, 0.6) is 0 Å². The lowest BCUT2D eigenvalue weighted by Gasteiger charge is -2.12. The summed E-state index contributed by atoms with van der Waals surface area (Å²) in [7, 11) is 0. The van der Waals surface area contributed by atoms with Crippen LogP contribution < -0.4 is 11.1 Å². The molecule has 0 saturated heterocycles. The van der Waals surface area contributed by atoms with Gasteiger partial charge < -0.3 is 15.5 Å². The first kappa shape index (κ1) is 14.5. The number of hydrogen-bond acceptors (Lipinski definition) is 4. The second kappa shape index (κ2) is 6.52. The summed E-state index contributed by atoms with van der Waals surface area (Å²) in [5.41, 5.74) is 7.61. The summed E-state index contributed by atoms with van der Waals surface area (Å²) < 4.78 is 5.26. The number of rotatable bonds is 5. The Balaban J connectivity index is 1.88. The van der Waals surface area contributed by atoms with E-state index < -0.39 is 0 Å². The molecule has 20 heavy (non-hydrogen) atoms. The molecule has 0 spiro atoms. The van der Waals surface area contributed by atoms with Crippen LogP contribution in [0.25, 0.3) is 0 Å². The third kappa shape index (κ3) is 3.57. The number of thioether (sulfide) groups is 1. The third-order valence-corrected chi connectivity index (χ3v) is 4.19. The number of carbonyl (C=O) groups is 1. The number of nitrogen functional groups attached to an aromatic ring is 1. The molecule has 1 atom stereocenters. The lowest BCUT2D eigenvalue weighted by atomic mass is 10.2. The number of benzene rings is 1. The fourth-order valence-corrected chi connectivity index (χ4v) is 2.70. The van der Waals surface area contributed by atoms with Gasteiger partial charge in [-0.3, -0.25) is 4.79 Å². The second-order valence-corrected chi connectivity index (χ2v) is 5.58. The smallest absolute Gasteiger partial charge is 0.230 e. The molecule has 4 nitrogen and oxygen atoms in total. The van der Waals surface area contributed by atoms with Gasteiger partial charge in [0.1, 0.15) is 5.76 Å². The van der Waals surface area contributed by atoms with Crippen LogP contribution in [-0.2, 0) is 4.79 Å². The zero-order chi connectivity index (χ0) is 14.5. The first-order chi connectivity index (χ1) is 9.58. The number of carbonyl (C=O) groups excluding carboxylic acids is 1. The van der Waals surface area contributed by atoms with Crippen LogP contribution in [0.2, 0.25) is 0 Å². The van der Waals surface area contributed by atoms with Crippen molar-refractivity contribution in [3.8, 4) is 0 Å². The average Bonchev–Trinajstić information content (AvgIpc) is 2.94. The van der Waals surface area contributed by atoms with E-state index in [2.05, 4.69) is 5.32 Å². The Kier molecular flexibility index (Phi) is 4.74. The Morgan fingerprint density at radius 2 is 2.20 bits per heavy atom. The highest BCUT2D eigenvalue weighted by molar-refractivity contribution is 8.00. The van der Waals surface area contributed by atoms with Crippen molar-refractivity contribution in [2.75, 3.05) is 11.5 Å². The summed E-state index contributed by atoms with van der Waals surface area (Å²) in [6.45, 7) is 3.86. The van der Waals surface area contributed by atoms with E-state index in [0.717, 1.165) is 21.9 Å². The summed E-state index contributed by atoms with van der Waals surface area (Å²) in [6.07, 6.45) is 1.60. The highest BCUT2D eigenvalue weighted by Crippen LogP contribution is 2.26. The lowest BCUT2D eigenvalue weighted by Crippen LogP contribution is -2.27. The number of furan rings is 1. The van der Waals surface area contributed by atoms with Gasteiger partial charge in [0.05, 0.1) is 18.1 Å². The van der Waals surface area contributed by atoms with Crippen LogP contribution >= 0.6 is 11.8 Å². The normalized spacial score (nSPS) is 12.1. The number of hydrogen-bond donors (Lipinski definition) is 2. The van der Waals surface area contributed by atoms with Crippen molar-refractivity contribution in [2.45, 2.75) is 24.8 Å². The Morgan fingerprint density at radius 1 is 1.40 bits per heavy atom. The van der Waals surface area contributed by atoms with E-state index in [0.29, 0.717) is 5.75 Å². The number of anilines is 1. The quantitative estimate of drug-likeness (QED) is 0.655. The monoisotopic (exact) mass is 290 g/mol. The zero-order valence-corrected chi connectivity index (χ0v) is 12.4. The minimum atomic E-state index is -0.125. The molecular weight excluding hydrogens is 272 g/mol. The van der Waals surface area contributed by atoms with Crippen LogP contribution in [-0.4, -0.2) is 11.7 Å². The van der Waals surface area contributed by atoms with Gasteiger partial charge in [0.2, 0.25) is 5.91 Å². The van der Waals surface area contributed by atoms with Gasteiger partial charge in [0, 0.05) is 10.6 Å². The fraction of sp³-hybridized carbons (Fsp3) is 0.267. The topological polar surface area (TPSA) is 68.3 Å². The van der Waals surface area contributed by atoms with Gasteiger partial charge in [0.15, 0.2) is 0 Å². The highest BCUT2D eigenvalue weighted by Gasteiger charge is 2.12. The maximum Gasteiger partial charge on any atom is 0.230 e. The highest BCUT2D eigenvalue weighted by atomic mass is 32.2. The van der Waals surface area contributed by atoms with Crippen LogP contribution in [0.15, 0.2) is 45.9 Å². The Bertz CT molecular complexity index is 582. The van der Waals surface area contributed by atoms with Crippen molar-refractivity contribution in [3.05, 3.63) is 47.9 Å². The van der Waals surface area contributed by atoms with E-state index in [9.17, 15) is 4.79 Å². The fourth-order valence-electron chi connectivity index (χ4n) is 1.82. The van der Waals surface area contributed by atoms with Gasteiger partial charge >= 0.3 is 0 Å². The van der Waals surface area contributed by atoms with Crippen molar-refractivity contribution < 1.29 is 9.21 Å². The predicted octanol–water partition coefficient (Wildman–Crippen LogP) is 3.14. The van der Waals surface area contributed by atoms with Crippen LogP contribution in [0.3, 0.4) is 0 Å². The molecule has 0 bridgehead atoms.